The highest BCUT2D eigenvalue weighted by molar-refractivity contribution is 5.90. The highest BCUT2D eigenvalue weighted by Crippen LogP contribution is 2.22. The number of aryl methyl sites for hydroxylation is 1. The van der Waals surface area contributed by atoms with Gasteiger partial charge in [-0.25, -0.2) is 4.68 Å². The van der Waals surface area contributed by atoms with Gasteiger partial charge in [0.25, 0.3) is 0 Å². The summed E-state index contributed by atoms with van der Waals surface area (Å²) in [5.74, 6) is 0.0519. The van der Waals surface area contributed by atoms with Gasteiger partial charge < -0.3 is 10.3 Å². The van der Waals surface area contributed by atoms with Crippen LogP contribution < -0.4 is 5.32 Å². The fourth-order valence-electron chi connectivity index (χ4n) is 3.37. The number of aromatic nitrogens is 3. The normalized spacial score (nSPS) is 11.0. The molecule has 2 aromatic heterocycles. The van der Waals surface area contributed by atoms with Crippen LogP contribution in [-0.2, 0) is 17.6 Å². The first-order valence-corrected chi connectivity index (χ1v) is 9.12. The molecule has 4 aromatic rings. The van der Waals surface area contributed by atoms with Crippen molar-refractivity contribution in [2.75, 3.05) is 6.54 Å². The molecule has 2 aromatic carbocycles. The number of aromatic amines is 1. The van der Waals surface area contributed by atoms with E-state index in [1.807, 2.05) is 54.2 Å². The van der Waals surface area contributed by atoms with Gasteiger partial charge in [-0.3, -0.25) is 4.79 Å². The number of carbonyl (C=O) groups excluding carboxylic acids is 1. The number of nitrogens with one attached hydrogen (secondary N) is 2. The third kappa shape index (κ3) is 3.77. The van der Waals surface area contributed by atoms with E-state index in [2.05, 4.69) is 33.6 Å². The Morgan fingerprint density at radius 2 is 1.93 bits per heavy atom. The summed E-state index contributed by atoms with van der Waals surface area (Å²) in [6.07, 6.45) is 4.88. The fourth-order valence-corrected chi connectivity index (χ4v) is 3.37. The lowest BCUT2D eigenvalue weighted by molar-refractivity contribution is -0.120. The lowest BCUT2D eigenvalue weighted by atomic mass is 10.1. The van der Waals surface area contributed by atoms with Gasteiger partial charge in [0, 0.05) is 35.5 Å². The molecule has 0 spiro atoms. The summed E-state index contributed by atoms with van der Waals surface area (Å²) in [6.45, 7) is 2.64. The van der Waals surface area contributed by atoms with Crippen LogP contribution in [0, 0.1) is 6.92 Å². The highest BCUT2D eigenvalue weighted by atomic mass is 16.1. The van der Waals surface area contributed by atoms with E-state index < -0.39 is 0 Å². The Morgan fingerprint density at radius 3 is 2.70 bits per heavy atom. The van der Waals surface area contributed by atoms with Crippen LogP contribution in [0.15, 0.2) is 67.0 Å². The Morgan fingerprint density at radius 1 is 1.11 bits per heavy atom. The van der Waals surface area contributed by atoms with Crippen molar-refractivity contribution in [2.45, 2.75) is 19.8 Å². The zero-order chi connectivity index (χ0) is 18.6. The average Bonchev–Trinajstić information content (AvgIpc) is 3.31. The number of carbonyl (C=O) groups is 1. The molecule has 0 fully saturated rings. The lowest BCUT2D eigenvalue weighted by Crippen LogP contribution is -2.27. The van der Waals surface area contributed by atoms with Crippen LogP contribution >= 0.6 is 0 Å². The molecule has 0 aliphatic heterocycles. The second kappa shape index (κ2) is 7.50. The van der Waals surface area contributed by atoms with E-state index in [1.54, 1.807) is 6.20 Å². The molecule has 0 atom stereocenters. The molecule has 1 amide bonds. The molecule has 0 saturated carbocycles. The van der Waals surface area contributed by atoms with Crippen molar-refractivity contribution in [2.24, 2.45) is 0 Å². The minimum absolute atomic E-state index is 0.0519. The van der Waals surface area contributed by atoms with Gasteiger partial charge in [-0.05, 0) is 48.7 Å². The van der Waals surface area contributed by atoms with Crippen molar-refractivity contribution in [3.8, 4) is 5.69 Å². The van der Waals surface area contributed by atoms with Gasteiger partial charge in [0.1, 0.15) is 0 Å². The number of nitrogens with zero attached hydrogens (tertiary/aromatic N) is 2. The number of H-pyrrole nitrogens is 1. The van der Waals surface area contributed by atoms with Gasteiger partial charge in [0.2, 0.25) is 5.91 Å². The van der Waals surface area contributed by atoms with Gasteiger partial charge in [-0.2, -0.15) is 5.10 Å². The molecule has 0 aliphatic rings. The summed E-state index contributed by atoms with van der Waals surface area (Å²) < 4.78 is 1.83. The molecular formula is C22H22N4O. The van der Waals surface area contributed by atoms with Gasteiger partial charge >= 0.3 is 0 Å². The first-order valence-electron chi connectivity index (χ1n) is 9.12. The van der Waals surface area contributed by atoms with Crippen LogP contribution in [-0.4, -0.2) is 27.2 Å². The summed E-state index contributed by atoms with van der Waals surface area (Å²) >= 11 is 0. The number of hydrogen-bond acceptors (Lipinski definition) is 2. The van der Waals surface area contributed by atoms with E-state index in [9.17, 15) is 4.79 Å². The standard InChI is InChI=1S/C22H22N4O/c1-16-20(19-5-2-3-6-21(19)25-16)15-22(27)23-13-11-17-7-9-18(10-8-17)26-14-4-12-24-26/h2-10,12,14,25H,11,13,15H2,1H3,(H,23,27). The summed E-state index contributed by atoms with van der Waals surface area (Å²) in [5.41, 5.74) is 5.43. The quantitative estimate of drug-likeness (QED) is 0.553. The van der Waals surface area contributed by atoms with E-state index in [0.717, 1.165) is 34.3 Å². The Kier molecular flexibility index (Phi) is 4.75. The van der Waals surface area contributed by atoms with Gasteiger partial charge in [0.05, 0.1) is 12.1 Å². The van der Waals surface area contributed by atoms with Gasteiger partial charge in [0.15, 0.2) is 0 Å². The second-order valence-corrected chi connectivity index (χ2v) is 6.67. The lowest BCUT2D eigenvalue weighted by Gasteiger charge is -2.07. The maximum absolute atomic E-state index is 12.4. The topological polar surface area (TPSA) is 62.7 Å². The molecule has 2 N–H and O–H groups in total. The number of amides is 1. The van der Waals surface area contributed by atoms with E-state index in [-0.39, 0.29) is 5.91 Å². The molecule has 0 unspecified atom stereocenters. The molecule has 2 heterocycles. The number of hydrogen-bond donors (Lipinski definition) is 2. The Hall–Kier alpha value is -3.34. The molecule has 27 heavy (non-hydrogen) atoms. The molecular weight excluding hydrogens is 336 g/mol. The number of rotatable bonds is 6. The zero-order valence-electron chi connectivity index (χ0n) is 15.3. The van der Waals surface area contributed by atoms with E-state index >= 15 is 0 Å². The minimum Gasteiger partial charge on any atom is -0.358 e. The molecule has 5 heteroatoms. The van der Waals surface area contributed by atoms with E-state index in [0.29, 0.717) is 13.0 Å². The van der Waals surface area contributed by atoms with Gasteiger partial charge in [-0.15, -0.1) is 0 Å². The molecule has 4 rings (SSSR count). The summed E-state index contributed by atoms with van der Waals surface area (Å²) in [7, 11) is 0. The average molecular weight is 358 g/mol. The van der Waals surface area contributed by atoms with Crippen molar-refractivity contribution in [1.82, 2.24) is 20.1 Å². The molecule has 0 aliphatic carbocycles. The van der Waals surface area contributed by atoms with Crippen LogP contribution in [0.5, 0.6) is 0 Å². The van der Waals surface area contributed by atoms with Gasteiger partial charge in [-0.1, -0.05) is 30.3 Å². The van der Waals surface area contributed by atoms with Crippen molar-refractivity contribution in [3.63, 3.8) is 0 Å². The maximum Gasteiger partial charge on any atom is 0.224 e. The largest absolute Gasteiger partial charge is 0.358 e. The molecule has 0 bridgehead atoms. The Balaban J connectivity index is 1.32. The van der Waals surface area contributed by atoms with E-state index in [4.69, 9.17) is 0 Å². The third-order valence-electron chi connectivity index (χ3n) is 4.81. The van der Waals surface area contributed by atoms with Crippen LogP contribution in [0.4, 0.5) is 0 Å². The van der Waals surface area contributed by atoms with Crippen LogP contribution in [0.3, 0.4) is 0 Å². The SMILES string of the molecule is Cc1[nH]c2ccccc2c1CC(=O)NCCc1ccc(-n2cccn2)cc1. The number of para-hydroxylation sites is 1. The van der Waals surface area contributed by atoms with Crippen LogP contribution in [0.1, 0.15) is 16.8 Å². The second-order valence-electron chi connectivity index (χ2n) is 6.67. The molecule has 0 radical (unpaired) electrons. The highest BCUT2D eigenvalue weighted by Gasteiger charge is 2.11. The molecule has 0 saturated heterocycles. The number of benzene rings is 2. The van der Waals surface area contributed by atoms with E-state index in [1.165, 1.54) is 5.56 Å². The fraction of sp³-hybridized carbons (Fsp3) is 0.182. The van der Waals surface area contributed by atoms with Crippen molar-refractivity contribution in [1.29, 1.82) is 0 Å². The molecule has 136 valence electrons. The van der Waals surface area contributed by atoms with Crippen molar-refractivity contribution in [3.05, 3.63) is 83.8 Å². The summed E-state index contributed by atoms with van der Waals surface area (Å²) in [4.78, 5) is 15.7. The van der Waals surface area contributed by atoms with Crippen molar-refractivity contribution >= 4 is 16.8 Å². The smallest absolute Gasteiger partial charge is 0.224 e. The van der Waals surface area contributed by atoms with Crippen LogP contribution in [0.25, 0.3) is 16.6 Å². The predicted octanol–water partition coefficient (Wildman–Crippen LogP) is 3.56. The number of fused-ring (bicyclic) bond motifs is 1. The summed E-state index contributed by atoms with van der Waals surface area (Å²) in [6, 6.07) is 18.2. The minimum atomic E-state index is 0.0519. The summed E-state index contributed by atoms with van der Waals surface area (Å²) in [5, 5.41) is 8.38. The Bertz CT molecular complexity index is 1050. The van der Waals surface area contributed by atoms with Crippen LogP contribution in [0.2, 0.25) is 0 Å². The third-order valence-corrected chi connectivity index (χ3v) is 4.81. The molecule has 5 nitrogen and oxygen atoms in total. The first kappa shape index (κ1) is 17.1. The predicted molar refractivity (Wildman–Crippen MR) is 107 cm³/mol. The van der Waals surface area contributed by atoms with Crippen molar-refractivity contribution < 1.29 is 4.79 Å². The monoisotopic (exact) mass is 358 g/mol. The first-order chi connectivity index (χ1) is 13.2. The zero-order valence-corrected chi connectivity index (χ0v) is 15.3. The maximum atomic E-state index is 12.4. The Labute approximate surface area is 158 Å².